The molecule has 102 valence electrons. The molecule has 0 aliphatic carbocycles. The molecule has 2 rings (SSSR count). The first-order valence-corrected chi connectivity index (χ1v) is 6.66. The second-order valence-electron chi connectivity index (χ2n) is 6.10. The van der Waals surface area contributed by atoms with E-state index in [4.69, 9.17) is 4.74 Å². The van der Waals surface area contributed by atoms with Crippen molar-refractivity contribution in [2.24, 2.45) is 0 Å². The molecular weight excluding hydrogens is 232 g/mol. The molecule has 0 saturated carbocycles. The Morgan fingerprint density at radius 2 is 2.11 bits per heavy atom. The van der Waals surface area contributed by atoms with Gasteiger partial charge >= 0.3 is 6.09 Å². The molecule has 2 amide bonds. The van der Waals surface area contributed by atoms with Gasteiger partial charge in [0.15, 0.2) is 0 Å². The van der Waals surface area contributed by atoms with Crippen LogP contribution in [0.1, 0.15) is 46.5 Å². The zero-order valence-corrected chi connectivity index (χ0v) is 11.4. The first-order valence-electron chi connectivity index (χ1n) is 6.66. The molecular formula is C13H22N2O3. The molecule has 0 bridgehead atoms. The molecule has 5 heteroatoms. The SMILES string of the molecule is CC(C)(C)OC(=O)N1CC[C@H]2NC(=O)CCC[C@@H]21. The zero-order valence-electron chi connectivity index (χ0n) is 11.4. The summed E-state index contributed by atoms with van der Waals surface area (Å²) >= 11 is 0. The van der Waals surface area contributed by atoms with Gasteiger partial charge in [-0.25, -0.2) is 4.79 Å². The van der Waals surface area contributed by atoms with Crippen molar-refractivity contribution >= 4 is 12.0 Å². The number of hydrogen-bond acceptors (Lipinski definition) is 3. The molecule has 18 heavy (non-hydrogen) atoms. The molecule has 2 aliphatic rings. The number of fused-ring (bicyclic) bond motifs is 1. The highest BCUT2D eigenvalue weighted by Gasteiger charge is 2.40. The fraction of sp³-hybridized carbons (Fsp3) is 0.846. The number of nitrogens with one attached hydrogen (secondary N) is 1. The van der Waals surface area contributed by atoms with Gasteiger partial charge in [0.1, 0.15) is 5.60 Å². The van der Waals surface area contributed by atoms with Crippen LogP contribution in [0.25, 0.3) is 0 Å². The van der Waals surface area contributed by atoms with Gasteiger partial charge in [-0.3, -0.25) is 4.79 Å². The summed E-state index contributed by atoms with van der Waals surface area (Å²) in [6.07, 6.45) is 2.85. The number of rotatable bonds is 0. The minimum Gasteiger partial charge on any atom is -0.444 e. The fourth-order valence-electron chi connectivity index (χ4n) is 2.68. The van der Waals surface area contributed by atoms with E-state index < -0.39 is 5.60 Å². The molecule has 0 unspecified atom stereocenters. The van der Waals surface area contributed by atoms with Gasteiger partial charge < -0.3 is 15.0 Å². The lowest BCUT2D eigenvalue weighted by Gasteiger charge is -2.29. The molecule has 0 radical (unpaired) electrons. The van der Waals surface area contributed by atoms with Crippen LogP contribution in [-0.2, 0) is 9.53 Å². The van der Waals surface area contributed by atoms with Crippen LogP contribution in [-0.4, -0.2) is 41.1 Å². The van der Waals surface area contributed by atoms with E-state index in [1.54, 1.807) is 4.90 Å². The summed E-state index contributed by atoms with van der Waals surface area (Å²) in [5.41, 5.74) is -0.469. The van der Waals surface area contributed by atoms with Gasteiger partial charge in [-0.15, -0.1) is 0 Å². The summed E-state index contributed by atoms with van der Waals surface area (Å²) in [6, 6.07) is 0.207. The third-order valence-corrected chi connectivity index (χ3v) is 3.42. The zero-order chi connectivity index (χ0) is 13.3. The summed E-state index contributed by atoms with van der Waals surface area (Å²) in [4.78, 5) is 25.4. The molecule has 0 aromatic heterocycles. The second kappa shape index (κ2) is 4.78. The van der Waals surface area contributed by atoms with Gasteiger partial charge in [0.2, 0.25) is 5.91 Å². The highest BCUT2D eigenvalue weighted by atomic mass is 16.6. The van der Waals surface area contributed by atoms with Gasteiger partial charge in [-0.05, 0) is 40.0 Å². The predicted octanol–water partition coefficient (Wildman–Crippen LogP) is 1.66. The number of amides is 2. The summed E-state index contributed by atoms with van der Waals surface area (Å²) < 4.78 is 5.41. The van der Waals surface area contributed by atoms with Crippen LogP contribution in [0.2, 0.25) is 0 Å². The molecule has 2 fully saturated rings. The Kier molecular flexibility index (Phi) is 3.50. The van der Waals surface area contributed by atoms with E-state index in [9.17, 15) is 9.59 Å². The van der Waals surface area contributed by atoms with Crippen LogP contribution in [0.5, 0.6) is 0 Å². The third-order valence-electron chi connectivity index (χ3n) is 3.42. The Morgan fingerprint density at radius 3 is 2.78 bits per heavy atom. The van der Waals surface area contributed by atoms with Gasteiger partial charge in [-0.1, -0.05) is 0 Å². The third kappa shape index (κ3) is 2.94. The number of hydrogen-bond donors (Lipinski definition) is 1. The standard InChI is InChI=1S/C13H22N2O3/c1-13(2,3)18-12(17)15-8-7-9-10(15)5-4-6-11(16)14-9/h9-10H,4-8H2,1-3H3,(H,14,16)/t9-,10+/m1/s1. The van der Waals surface area contributed by atoms with Crippen LogP contribution in [0, 0.1) is 0 Å². The quantitative estimate of drug-likeness (QED) is 0.715. The van der Waals surface area contributed by atoms with Crippen molar-refractivity contribution in [1.82, 2.24) is 10.2 Å². The number of nitrogens with zero attached hydrogens (tertiary/aromatic N) is 1. The van der Waals surface area contributed by atoms with E-state index in [1.807, 2.05) is 20.8 Å². The normalized spacial score (nSPS) is 28.4. The highest BCUT2D eigenvalue weighted by molar-refractivity contribution is 5.77. The monoisotopic (exact) mass is 254 g/mol. The van der Waals surface area contributed by atoms with Crippen LogP contribution in [0.15, 0.2) is 0 Å². The Bertz CT molecular complexity index is 349. The van der Waals surface area contributed by atoms with Crippen molar-refractivity contribution in [3.63, 3.8) is 0 Å². The fourth-order valence-corrected chi connectivity index (χ4v) is 2.68. The molecule has 2 aliphatic heterocycles. The lowest BCUT2D eigenvalue weighted by Crippen LogP contribution is -2.46. The summed E-state index contributed by atoms with van der Waals surface area (Å²) in [6.45, 7) is 6.28. The maximum Gasteiger partial charge on any atom is 0.410 e. The molecule has 2 saturated heterocycles. The van der Waals surface area contributed by atoms with Crippen LogP contribution >= 0.6 is 0 Å². The van der Waals surface area contributed by atoms with Gasteiger partial charge in [0.05, 0.1) is 12.1 Å². The van der Waals surface area contributed by atoms with E-state index in [0.29, 0.717) is 13.0 Å². The molecule has 0 spiro atoms. The summed E-state index contributed by atoms with van der Waals surface area (Å²) in [5.74, 6) is 0.105. The lowest BCUT2D eigenvalue weighted by atomic mass is 10.1. The number of carbonyl (C=O) groups is 2. The molecule has 5 nitrogen and oxygen atoms in total. The first kappa shape index (κ1) is 13.2. The molecule has 0 aromatic rings. The maximum atomic E-state index is 12.1. The minimum absolute atomic E-state index is 0.103. The maximum absolute atomic E-state index is 12.1. The minimum atomic E-state index is -0.469. The Balaban J connectivity index is 2.02. The van der Waals surface area contributed by atoms with Crippen molar-refractivity contribution in [2.45, 2.75) is 64.1 Å². The summed E-state index contributed by atoms with van der Waals surface area (Å²) in [7, 11) is 0. The van der Waals surface area contributed by atoms with E-state index in [2.05, 4.69) is 5.32 Å². The molecule has 2 atom stereocenters. The highest BCUT2D eigenvalue weighted by Crippen LogP contribution is 2.27. The average molecular weight is 254 g/mol. The molecule has 0 aromatic carbocycles. The number of ether oxygens (including phenoxy) is 1. The lowest BCUT2D eigenvalue weighted by molar-refractivity contribution is -0.121. The number of carbonyl (C=O) groups excluding carboxylic acids is 2. The van der Waals surface area contributed by atoms with Crippen molar-refractivity contribution in [1.29, 1.82) is 0 Å². The van der Waals surface area contributed by atoms with Crippen LogP contribution in [0.4, 0.5) is 4.79 Å². The van der Waals surface area contributed by atoms with E-state index in [0.717, 1.165) is 19.3 Å². The van der Waals surface area contributed by atoms with Crippen LogP contribution < -0.4 is 5.32 Å². The van der Waals surface area contributed by atoms with Crippen molar-refractivity contribution in [3.05, 3.63) is 0 Å². The topological polar surface area (TPSA) is 58.6 Å². The van der Waals surface area contributed by atoms with Gasteiger partial charge in [0, 0.05) is 13.0 Å². The van der Waals surface area contributed by atoms with E-state index >= 15 is 0 Å². The predicted molar refractivity (Wildman–Crippen MR) is 67.1 cm³/mol. The molecule has 2 heterocycles. The smallest absolute Gasteiger partial charge is 0.410 e. The largest absolute Gasteiger partial charge is 0.444 e. The first-order chi connectivity index (χ1) is 8.37. The molecule has 1 N–H and O–H groups in total. The van der Waals surface area contributed by atoms with Gasteiger partial charge in [-0.2, -0.15) is 0 Å². The Labute approximate surface area is 108 Å². The van der Waals surface area contributed by atoms with Crippen molar-refractivity contribution in [2.75, 3.05) is 6.54 Å². The van der Waals surface area contributed by atoms with Crippen molar-refractivity contribution in [3.8, 4) is 0 Å². The summed E-state index contributed by atoms with van der Waals surface area (Å²) in [5, 5.41) is 3.00. The van der Waals surface area contributed by atoms with Gasteiger partial charge in [0.25, 0.3) is 0 Å². The van der Waals surface area contributed by atoms with Crippen LogP contribution in [0.3, 0.4) is 0 Å². The Hall–Kier alpha value is -1.26. The number of likely N-dealkylation sites (tertiary alicyclic amines) is 1. The average Bonchev–Trinajstić information content (AvgIpc) is 2.50. The van der Waals surface area contributed by atoms with E-state index in [-0.39, 0.29) is 24.1 Å². The Morgan fingerprint density at radius 1 is 1.39 bits per heavy atom. The second-order valence-corrected chi connectivity index (χ2v) is 6.10. The van der Waals surface area contributed by atoms with E-state index in [1.165, 1.54) is 0 Å². The van der Waals surface area contributed by atoms with Crippen molar-refractivity contribution < 1.29 is 14.3 Å².